The number of aryl methyl sites for hydroxylation is 3. The lowest BCUT2D eigenvalue weighted by molar-refractivity contribution is 0.245. The molecule has 8 aromatic rings. The van der Waals surface area contributed by atoms with Gasteiger partial charge in [0.05, 0.1) is 11.2 Å². The van der Waals surface area contributed by atoms with Gasteiger partial charge >= 0.3 is 0 Å². The van der Waals surface area contributed by atoms with E-state index >= 15 is 0 Å². The molecule has 384 valence electrons. The normalized spacial score (nSPS) is 18.7. The van der Waals surface area contributed by atoms with E-state index in [-0.39, 0.29) is 33.8 Å². The van der Waals surface area contributed by atoms with Crippen LogP contribution >= 0.6 is 0 Å². The average Bonchev–Trinajstić information content (AvgIpc) is 3.77. The molecule has 76 heavy (non-hydrogen) atoms. The topological polar surface area (TPSA) is 9.72 Å². The molecular formula is C72H78BN3. The zero-order valence-corrected chi connectivity index (χ0v) is 48.3. The van der Waals surface area contributed by atoms with Crippen LogP contribution in [0.15, 0.2) is 158 Å². The summed E-state index contributed by atoms with van der Waals surface area (Å²) in [5.41, 5.74) is 27.9. The zero-order valence-electron chi connectivity index (χ0n) is 48.3. The first kappa shape index (κ1) is 50.1. The number of anilines is 8. The van der Waals surface area contributed by atoms with Crippen molar-refractivity contribution in [3.05, 3.63) is 208 Å². The second kappa shape index (κ2) is 16.9. The van der Waals surface area contributed by atoms with E-state index in [0.29, 0.717) is 0 Å². The van der Waals surface area contributed by atoms with Gasteiger partial charge in [-0.05, 0) is 170 Å². The maximum Gasteiger partial charge on any atom is 0.252 e. The summed E-state index contributed by atoms with van der Waals surface area (Å²) in [6.07, 6.45) is 2.12. The summed E-state index contributed by atoms with van der Waals surface area (Å²) in [5.74, 6) is 0. The Labute approximate surface area is 456 Å². The number of rotatable bonds is 4. The van der Waals surface area contributed by atoms with Crippen LogP contribution in [-0.4, -0.2) is 6.71 Å². The third-order valence-electron chi connectivity index (χ3n) is 18.4. The van der Waals surface area contributed by atoms with Crippen LogP contribution < -0.4 is 31.1 Å². The van der Waals surface area contributed by atoms with Crippen molar-refractivity contribution in [1.29, 1.82) is 0 Å². The monoisotopic (exact) mass is 996 g/mol. The van der Waals surface area contributed by atoms with Crippen molar-refractivity contribution in [2.75, 3.05) is 14.7 Å². The molecule has 0 spiro atoms. The van der Waals surface area contributed by atoms with Gasteiger partial charge in [0, 0.05) is 50.8 Å². The standard InChI is InChI=1S/C72H78BN3/c1-45-38-46(2)66-57(39-45)71(15)37-36-48-24-20-21-25-56(48)72(71,16)76(66)54-43-63-65-64(44-54)75(60-34-29-50(68(6,7)8)40-55(60)47-22-18-17-19-23-47)62-42-52(70(12,13)14)28-33-58(62)73(65)59-41-51(69(9,10)11)30-35-61(59)74(63)53-31-26-49(27-32-53)67(3,4)5/h17-35,38-44H,36-37H2,1-16H3. The van der Waals surface area contributed by atoms with Gasteiger partial charge in [0.25, 0.3) is 6.71 Å². The molecule has 4 aliphatic rings. The summed E-state index contributed by atoms with van der Waals surface area (Å²) in [5, 5.41) is 0. The van der Waals surface area contributed by atoms with Crippen molar-refractivity contribution in [3.63, 3.8) is 0 Å². The molecule has 0 N–H and O–H groups in total. The average molecular weight is 996 g/mol. The van der Waals surface area contributed by atoms with Crippen LogP contribution in [0.3, 0.4) is 0 Å². The van der Waals surface area contributed by atoms with Gasteiger partial charge in [-0.15, -0.1) is 0 Å². The number of benzene rings is 8. The van der Waals surface area contributed by atoms with Crippen molar-refractivity contribution in [1.82, 2.24) is 0 Å². The van der Waals surface area contributed by atoms with E-state index in [4.69, 9.17) is 0 Å². The predicted molar refractivity (Wildman–Crippen MR) is 328 cm³/mol. The van der Waals surface area contributed by atoms with E-state index in [9.17, 15) is 0 Å². The Balaban J connectivity index is 1.26. The lowest BCUT2D eigenvalue weighted by Crippen LogP contribution is -2.61. The smallest absolute Gasteiger partial charge is 0.252 e. The molecule has 12 rings (SSSR count). The molecule has 2 unspecified atom stereocenters. The summed E-state index contributed by atoms with van der Waals surface area (Å²) >= 11 is 0. The van der Waals surface area contributed by atoms with Crippen LogP contribution in [0.25, 0.3) is 11.1 Å². The summed E-state index contributed by atoms with van der Waals surface area (Å²) in [4.78, 5) is 8.16. The lowest BCUT2D eigenvalue weighted by Gasteiger charge is -2.52. The number of hydrogen-bond donors (Lipinski definition) is 0. The van der Waals surface area contributed by atoms with E-state index in [1.54, 1.807) is 0 Å². The van der Waals surface area contributed by atoms with Crippen molar-refractivity contribution >= 4 is 68.6 Å². The third-order valence-corrected chi connectivity index (χ3v) is 18.4. The Morgan fingerprint density at radius 1 is 0.447 bits per heavy atom. The van der Waals surface area contributed by atoms with Crippen LogP contribution in [0, 0.1) is 13.8 Å². The molecule has 0 fully saturated rings. The van der Waals surface area contributed by atoms with Crippen LogP contribution in [0.4, 0.5) is 45.5 Å². The Morgan fingerprint density at radius 3 is 1.67 bits per heavy atom. The summed E-state index contributed by atoms with van der Waals surface area (Å²) in [6.45, 7) is 37.9. The molecule has 3 nitrogen and oxygen atoms in total. The minimum Gasteiger partial charge on any atom is -0.330 e. The Hall–Kier alpha value is -6.78. The van der Waals surface area contributed by atoms with Crippen LogP contribution in [-0.2, 0) is 39.0 Å². The molecule has 8 aromatic carbocycles. The maximum atomic E-state index is 2.82. The lowest BCUT2D eigenvalue weighted by atomic mass is 9.33. The third kappa shape index (κ3) is 7.50. The highest BCUT2D eigenvalue weighted by Gasteiger charge is 2.61. The number of hydrogen-bond acceptors (Lipinski definition) is 3. The Kier molecular flexibility index (Phi) is 11.1. The Morgan fingerprint density at radius 2 is 1.01 bits per heavy atom. The largest absolute Gasteiger partial charge is 0.330 e. The molecule has 0 saturated carbocycles. The van der Waals surface area contributed by atoms with Crippen LogP contribution in [0.5, 0.6) is 0 Å². The molecule has 2 atom stereocenters. The van der Waals surface area contributed by atoms with Gasteiger partial charge < -0.3 is 14.7 Å². The van der Waals surface area contributed by atoms with Gasteiger partial charge in [-0.2, -0.15) is 0 Å². The summed E-state index contributed by atoms with van der Waals surface area (Å²) in [7, 11) is 0. The van der Waals surface area contributed by atoms with Gasteiger partial charge in [-0.3, -0.25) is 0 Å². The van der Waals surface area contributed by atoms with Gasteiger partial charge in [0.15, 0.2) is 0 Å². The molecule has 0 aromatic heterocycles. The van der Waals surface area contributed by atoms with Gasteiger partial charge in [0.1, 0.15) is 0 Å². The Bertz CT molecular complexity index is 3650. The summed E-state index contributed by atoms with van der Waals surface area (Å²) < 4.78 is 0. The van der Waals surface area contributed by atoms with Crippen molar-refractivity contribution in [2.24, 2.45) is 0 Å². The van der Waals surface area contributed by atoms with E-state index < -0.39 is 5.54 Å². The SMILES string of the molecule is Cc1cc(C)c2c(c1)C1(C)CCc3ccccc3C1(C)N2c1cc2c3c(c1)N(c1ccc(C(C)(C)C)cc1-c1ccccc1)c1cc(C(C)(C)C)ccc1B3c1cc(C(C)(C)C)ccc1N2c1ccc(C(C)(C)C)cc1. The van der Waals surface area contributed by atoms with Gasteiger partial charge in [0.2, 0.25) is 0 Å². The molecule has 3 heterocycles. The molecule has 0 saturated heterocycles. The molecule has 4 heteroatoms. The van der Waals surface area contributed by atoms with E-state index in [0.717, 1.165) is 12.8 Å². The minimum atomic E-state index is -0.406. The molecule has 0 radical (unpaired) electrons. The fourth-order valence-electron chi connectivity index (χ4n) is 13.9. The molecular weight excluding hydrogens is 918 g/mol. The van der Waals surface area contributed by atoms with Crippen LogP contribution in [0.1, 0.15) is 153 Å². The van der Waals surface area contributed by atoms with Crippen LogP contribution in [0.2, 0.25) is 0 Å². The fraction of sp³-hybridized carbons (Fsp3) is 0.333. The summed E-state index contributed by atoms with van der Waals surface area (Å²) in [6, 6.07) is 62.4. The highest BCUT2D eigenvalue weighted by Crippen LogP contribution is 2.65. The van der Waals surface area contributed by atoms with Crippen molar-refractivity contribution < 1.29 is 0 Å². The molecule has 1 aliphatic carbocycles. The molecule has 3 aliphatic heterocycles. The highest BCUT2D eigenvalue weighted by molar-refractivity contribution is 7.00. The second-order valence-corrected chi connectivity index (χ2v) is 27.6. The van der Waals surface area contributed by atoms with E-state index in [1.807, 2.05) is 0 Å². The van der Waals surface area contributed by atoms with Gasteiger partial charge in [-0.25, -0.2) is 0 Å². The first-order chi connectivity index (χ1) is 35.8. The quantitative estimate of drug-likeness (QED) is 0.163. The first-order valence-corrected chi connectivity index (χ1v) is 28.2. The number of fused-ring (bicyclic) bond motifs is 9. The first-order valence-electron chi connectivity index (χ1n) is 28.2. The maximum absolute atomic E-state index is 2.82. The van der Waals surface area contributed by atoms with Crippen molar-refractivity contribution in [3.8, 4) is 11.1 Å². The zero-order chi connectivity index (χ0) is 53.8. The second-order valence-electron chi connectivity index (χ2n) is 27.6. The molecule has 0 bridgehead atoms. The van der Waals surface area contributed by atoms with E-state index in [2.05, 4.69) is 283 Å². The highest BCUT2D eigenvalue weighted by atomic mass is 15.3. The minimum absolute atomic E-state index is 0.0109. The van der Waals surface area contributed by atoms with E-state index in [1.165, 1.54) is 123 Å². The fourth-order valence-corrected chi connectivity index (χ4v) is 13.9. The predicted octanol–water partition coefficient (Wildman–Crippen LogP) is 17.5. The number of nitrogens with zero attached hydrogens (tertiary/aromatic N) is 3. The van der Waals surface area contributed by atoms with Gasteiger partial charge in [-0.1, -0.05) is 205 Å². The van der Waals surface area contributed by atoms with Crippen molar-refractivity contribution in [2.45, 2.75) is 156 Å². The molecule has 0 amide bonds.